The largest absolute Gasteiger partial charge is 0.508 e. The zero-order chi connectivity index (χ0) is 19.3. The number of halogens is 2. The van der Waals surface area contributed by atoms with Crippen LogP contribution in [0.2, 0.25) is 10.0 Å². The molecule has 0 heterocycles. The van der Waals surface area contributed by atoms with Crippen LogP contribution in [-0.4, -0.2) is 28.5 Å². The minimum atomic E-state index is -1.64. The van der Waals surface area contributed by atoms with Gasteiger partial charge in [0, 0.05) is 17.0 Å². The summed E-state index contributed by atoms with van der Waals surface area (Å²) >= 11 is 12.4. The first-order valence-corrected chi connectivity index (χ1v) is 9.49. The molecule has 0 aliphatic heterocycles. The van der Waals surface area contributed by atoms with Gasteiger partial charge in [0.1, 0.15) is 16.5 Å². The van der Waals surface area contributed by atoms with Crippen LogP contribution in [0.3, 0.4) is 0 Å². The van der Waals surface area contributed by atoms with E-state index in [0.29, 0.717) is 10.5 Å². The van der Waals surface area contributed by atoms with Crippen molar-refractivity contribution < 1.29 is 23.6 Å². The van der Waals surface area contributed by atoms with E-state index < -0.39 is 16.8 Å². The Morgan fingerprint density at radius 3 is 2.62 bits per heavy atom. The van der Waals surface area contributed by atoms with Gasteiger partial charge in [-0.15, -0.1) is 0 Å². The van der Waals surface area contributed by atoms with E-state index in [1.54, 1.807) is 13.0 Å². The molecule has 6 nitrogen and oxygen atoms in total. The highest BCUT2D eigenvalue weighted by Gasteiger charge is 2.18. The Kier molecular flexibility index (Phi) is 7.28. The van der Waals surface area contributed by atoms with Crippen LogP contribution < -0.4 is 10.5 Å². The first kappa shape index (κ1) is 20.5. The molecule has 0 fully saturated rings. The Bertz CT molecular complexity index is 844. The molecule has 0 amide bonds. The molecule has 3 N–H and O–H groups in total. The van der Waals surface area contributed by atoms with Gasteiger partial charge in [-0.3, -0.25) is 0 Å². The highest BCUT2D eigenvalue weighted by Crippen LogP contribution is 2.38. The van der Waals surface area contributed by atoms with Crippen molar-refractivity contribution in [1.29, 1.82) is 0 Å². The molecule has 140 valence electrons. The molecule has 0 spiro atoms. The molecule has 2 rings (SSSR count). The van der Waals surface area contributed by atoms with Crippen molar-refractivity contribution in [3.8, 4) is 11.5 Å². The van der Waals surface area contributed by atoms with Crippen molar-refractivity contribution in [2.24, 2.45) is 5.73 Å². The highest BCUT2D eigenvalue weighted by atomic mass is 35.5. The van der Waals surface area contributed by atoms with Crippen LogP contribution in [0.5, 0.6) is 11.5 Å². The first-order valence-electron chi connectivity index (χ1n) is 7.59. The summed E-state index contributed by atoms with van der Waals surface area (Å²) in [5, 5.41) is 9.78. The van der Waals surface area contributed by atoms with Gasteiger partial charge in [0.05, 0.1) is 27.3 Å². The van der Waals surface area contributed by atoms with E-state index in [-0.39, 0.29) is 46.2 Å². The van der Waals surface area contributed by atoms with Crippen LogP contribution in [0.25, 0.3) is 0 Å². The van der Waals surface area contributed by atoms with Gasteiger partial charge in [-0.1, -0.05) is 23.2 Å². The van der Waals surface area contributed by atoms with Crippen molar-refractivity contribution >= 4 is 40.0 Å². The Hall–Kier alpha value is -1.80. The molecule has 9 heteroatoms. The van der Waals surface area contributed by atoms with Crippen LogP contribution >= 0.6 is 23.2 Å². The minimum absolute atomic E-state index is 0.0279. The van der Waals surface area contributed by atoms with E-state index in [4.69, 9.17) is 38.4 Å². The summed E-state index contributed by atoms with van der Waals surface area (Å²) in [7, 11) is -1.64. The van der Waals surface area contributed by atoms with Gasteiger partial charge < -0.3 is 20.3 Å². The summed E-state index contributed by atoms with van der Waals surface area (Å²) in [5.74, 6) is -0.329. The minimum Gasteiger partial charge on any atom is -0.508 e. The molecule has 0 bridgehead atoms. The van der Waals surface area contributed by atoms with E-state index in [1.165, 1.54) is 24.3 Å². The average molecular weight is 418 g/mol. The predicted octanol–water partition coefficient (Wildman–Crippen LogP) is 3.27. The molecule has 0 saturated heterocycles. The number of carbonyl (C=O) groups is 1. The second-order valence-electron chi connectivity index (χ2n) is 5.05. The normalized spacial score (nSPS) is 11.8. The second-order valence-corrected chi connectivity index (χ2v) is 7.25. The van der Waals surface area contributed by atoms with Crippen LogP contribution in [0.1, 0.15) is 12.5 Å². The molecule has 0 radical (unpaired) electrons. The Labute approximate surface area is 163 Å². The predicted molar refractivity (Wildman–Crippen MR) is 99.3 cm³/mol. The van der Waals surface area contributed by atoms with E-state index in [1.807, 2.05) is 0 Å². The van der Waals surface area contributed by atoms with E-state index in [9.17, 15) is 14.1 Å². The number of phenolic OH excluding ortho intramolecular Hbond substituents is 1. The lowest BCUT2D eigenvalue weighted by atomic mass is 10.2. The zero-order valence-corrected chi connectivity index (χ0v) is 16.2. The Morgan fingerprint density at radius 2 is 1.96 bits per heavy atom. The quantitative estimate of drug-likeness (QED) is 0.670. The average Bonchev–Trinajstić information content (AvgIpc) is 2.63. The van der Waals surface area contributed by atoms with E-state index in [0.717, 1.165) is 0 Å². The van der Waals surface area contributed by atoms with E-state index in [2.05, 4.69) is 0 Å². The molecular formula is C17H17Cl2NO5S. The van der Waals surface area contributed by atoms with Gasteiger partial charge in [-0.25, -0.2) is 9.00 Å². The van der Waals surface area contributed by atoms with Gasteiger partial charge in [0.15, 0.2) is 6.61 Å². The van der Waals surface area contributed by atoms with Gasteiger partial charge in [0.25, 0.3) is 0 Å². The monoisotopic (exact) mass is 417 g/mol. The number of aromatic hydroxyl groups is 1. The lowest BCUT2D eigenvalue weighted by molar-refractivity contribution is -0.145. The number of hydrogen-bond acceptors (Lipinski definition) is 6. The molecule has 1 unspecified atom stereocenters. The van der Waals surface area contributed by atoms with Gasteiger partial charge in [-0.2, -0.15) is 0 Å². The smallest absolute Gasteiger partial charge is 0.344 e. The van der Waals surface area contributed by atoms with Crippen LogP contribution in [0, 0.1) is 0 Å². The Morgan fingerprint density at radius 1 is 1.23 bits per heavy atom. The maximum absolute atomic E-state index is 12.8. The molecule has 2 aromatic rings. The number of ether oxygens (including phenoxy) is 2. The fourth-order valence-electron chi connectivity index (χ4n) is 2.08. The van der Waals surface area contributed by atoms with E-state index >= 15 is 0 Å². The number of phenols is 1. The molecule has 0 aromatic heterocycles. The van der Waals surface area contributed by atoms with Gasteiger partial charge in [0.2, 0.25) is 0 Å². The van der Waals surface area contributed by atoms with Crippen molar-refractivity contribution in [1.82, 2.24) is 0 Å². The summed E-state index contributed by atoms with van der Waals surface area (Å²) in [4.78, 5) is 12.0. The summed E-state index contributed by atoms with van der Waals surface area (Å²) in [6.07, 6.45) is 0. The molecular weight excluding hydrogens is 401 g/mol. The maximum Gasteiger partial charge on any atom is 0.344 e. The number of benzene rings is 2. The van der Waals surface area contributed by atoms with Crippen molar-refractivity contribution in [2.45, 2.75) is 23.3 Å². The topological polar surface area (TPSA) is 98.8 Å². The van der Waals surface area contributed by atoms with Crippen molar-refractivity contribution in [3.63, 3.8) is 0 Å². The number of nitrogens with two attached hydrogens (primary N) is 1. The SMILES string of the molecule is CCOC(=O)COc1ccc(S(=O)c2ccc(O)c(CN)c2)c(Cl)c1Cl. The van der Waals surface area contributed by atoms with Crippen LogP contribution in [-0.2, 0) is 26.9 Å². The lowest BCUT2D eigenvalue weighted by Crippen LogP contribution is -2.14. The third-order valence-electron chi connectivity index (χ3n) is 3.35. The molecule has 0 saturated carbocycles. The second kappa shape index (κ2) is 9.23. The summed E-state index contributed by atoms with van der Waals surface area (Å²) in [6, 6.07) is 7.45. The maximum atomic E-state index is 12.8. The third kappa shape index (κ3) is 4.67. The first-order chi connectivity index (χ1) is 12.4. The number of esters is 1. The van der Waals surface area contributed by atoms with Crippen LogP contribution in [0.15, 0.2) is 40.1 Å². The fourth-order valence-corrected chi connectivity index (χ4v) is 3.87. The summed E-state index contributed by atoms with van der Waals surface area (Å²) < 4.78 is 22.8. The molecule has 0 aliphatic rings. The highest BCUT2D eigenvalue weighted by molar-refractivity contribution is 7.85. The van der Waals surface area contributed by atoms with Crippen LogP contribution in [0.4, 0.5) is 0 Å². The molecule has 0 aliphatic carbocycles. The van der Waals surface area contributed by atoms with Crippen molar-refractivity contribution in [3.05, 3.63) is 45.9 Å². The number of hydrogen-bond donors (Lipinski definition) is 2. The lowest BCUT2D eigenvalue weighted by Gasteiger charge is -2.12. The molecule has 26 heavy (non-hydrogen) atoms. The van der Waals surface area contributed by atoms with Gasteiger partial charge >= 0.3 is 5.97 Å². The number of carbonyl (C=O) groups excluding carboxylic acids is 1. The number of rotatable bonds is 7. The third-order valence-corrected chi connectivity index (χ3v) is 5.75. The summed E-state index contributed by atoms with van der Waals surface area (Å²) in [5.41, 5.74) is 6.02. The zero-order valence-electron chi connectivity index (χ0n) is 13.8. The molecule has 2 aromatic carbocycles. The Balaban J connectivity index is 2.26. The molecule has 1 atom stereocenters. The van der Waals surface area contributed by atoms with Gasteiger partial charge in [-0.05, 0) is 37.3 Å². The summed E-state index contributed by atoms with van der Waals surface area (Å²) in [6.45, 7) is 1.72. The standard InChI is InChI=1S/C17H17Cl2NO5S/c1-2-24-15(22)9-25-13-5-6-14(17(19)16(13)18)26(23)11-3-4-12(21)10(7-11)8-20/h3-7,21H,2,8-9,20H2,1H3. The fraction of sp³-hybridized carbons (Fsp3) is 0.235. The van der Waals surface area contributed by atoms with Crippen molar-refractivity contribution in [2.75, 3.05) is 13.2 Å².